The summed E-state index contributed by atoms with van der Waals surface area (Å²) in [5.74, 6) is 1.82. The molecule has 0 fully saturated rings. The quantitative estimate of drug-likeness (QED) is 0.198. The van der Waals surface area contributed by atoms with E-state index in [2.05, 4.69) is 82.3 Å². The van der Waals surface area contributed by atoms with Crippen molar-refractivity contribution in [2.45, 2.75) is 54.4 Å². The molecule has 0 spiro atoms. The number of hydrogen-bond acceptors (Lipinski definition) is 2. The number of rotatable bonds is 11. The molecule has 0 aliphatic heterocycles. The molecule has 0 bridgehead atoms. The number of methoxy groups -OCH3 is 2. The van der Waals surface area contributed by atoms with Crippen molar-refractivity contribution < 1.29 is 9.47 Å². The van der Waals surface area contributed by atoms with E-state index in [0.717, 1.165) is 11.5 Å². The first-order chi connectivity index (χ1) is 16.1. The summed E-state index contributed by atoms with van der Waals surface area (Å²) in [5, 5.41) is 5.28. The van der Waals surface area contributed by atoms with Crippen molar-refractivity contribution in [3.05, 3.63) is 83.4 Å². The summed E-state index contributed by atoms with van der Waals surface area (Å²) >= 11 is -1.82. The number of ether oxygens (including phenoxy) is 2. The average Bonchev–Trinajstić information content (AvgIpc) is 2.87. The molecule has 0 aliphatic carbocycles. The van der Waals surface area contributed by atoms with Gasteiger partial charge in [0.15, 0.2) is 0 Å². The van der Waals surface area contributed by atoms with Gasteiger partial charge in [-0.05, 0) is 0 Å². The fraction of sp³-hybridized carbons (Fsp3) is 0.379. The van der Waals surface area contributed by atoms with Crippen LogP contribution in [0.25, 0.3) is 0 Å². The Bertz CT molecular complexity index is 936. The van der Waals surface area contributed by atoms with E-state index in [1.54, 1.807) is 22.9 Å². The van der Waals surface area contributed by atoms with Crippen LogP contribution in [0.15, 0.2) is 66.7 Å². The van der Waals surface area contributed by atoms with E-state index >= 15 is 0 Å². The van der Waals surface area contributed by atoms with Gasteiger partial charge in [-0.25, -0.2) is 0 Å². The fourth-order valence-electron chi connectivity index (χ4n) is 4.54. The predicted octanol–water partition coefficient (Wildman–Crippen LogP) is 6.37. The van der Waals surface area contributed by atoms with Crippen LogP contribution in [0, 0.1) is 0 Å². The van der Waals surface area contributed by atoms with Gasteiger partial charge in [0.1, 0.15) is 0 Å². The Morgan fingerprint density at radius 2 is 1.06 bits per heavy atom. The third-order valence-corrected chi connectivity index (χ3v) is 17.2. The second kappa shape index (κ2) is 12.7. The van der Waals surface area contributed by atoms with Gasteiger partial charge in [-0.15, -0.1) is 0 Å². The van der Waals surface area contributed by atoms with Crippen LogP contribution in [0.2, 0.25) is 20.8 Å². The topological polar surface area (TPSA) is 18.5 Å². The average molecular weight is 568 g/mol. The van der Waals surface area contributed by atoms with E-state index < -0.39 is 29.3 Å². The van der Waals surface area contributed by atoms with Crippen molar-refractivity contribution in [3.8, 4) is 11.5 Å². The first-order valence-corrected chi connectivity index (χ1v) is 19.2. The molecule has 0 N–H and O–H groups in total. The molecule has 3 rings (SSSR count). The Hall–Kier alpha value is -1.62. The van der Waals surface area contributed by atoms with Crippen molar-refractivity contribution in [1.82, 2.24) is 0 Å². The van der Waals surface area contributed by atoms with Gasteiger partial charge in [-0.1, -0.05) is 0 Å². The zero-order chi connectivity index (χ0) is 23.8. The monoisotopic (exact) mass is 568 g/mol. The van der Waals surface area contributed by atoms with Crippen LogP contribution in [0.4, 0.5) is 0 Å². The summed E-state index contributed by atoms with van der Waals surface area (Å²) in [4.78, 5) is 0. The minimum absolute atomic E-state index is 0.127. The zero-order valence-electron chi connectivity index (χ0n) is 21.0. The summed E-state index contributed by atoms with van der Waals surface area (Å²) in [5.41, 5.74) is 3.81. The van der Waals surface area contributed by atoms with Gasteiger partial charge in [0.05, 0.1) is 0 Å². The molecule has 0 radical (unpaired) electrons. The minimum atomic E-state index is -0.912. The van der Waals surface area contributed by atoms with E-state index in [0.29, 0.717) is 0 Å². The molecule has 0 amide bonds. The summed E-state index contributed by atoms with van der Waals surface area (Å²) < 4.78 is 14.5. The molecule has 3 aromatic carbocycles. The summed E-state index contributed by atoms with van der Waals surface area (Å²) in [6, 6.07) is 25.1. The van der Waals surface area contributed by atoms with Crippen LogP contribution in [0.5, 0.6) is 11.5 Å². The van der Waals surface area contributed by atoms with Crippen LogP contribution in [-0.2, 0) is 0 Å². The van der Waals surface area contributed by atoms with Gasteiger partial charge in [0.25, 0.3) is 0 Å². The van der Waals surface area contributed by atoms with E-state index in [9.17, 15) is 0 Å². The van der Waals surface area contributed by atoms with Gasteiger partial charge in [0, 0.05) is 0 Å². The molecule has 0 saturated heterocycles. The van der Waals surface area contributed by atoms with Gasteiger partial charge < -0.3 is 0 Å². The predicted molar refractivity (Wildman–Crippen MR) is 146 cm³/mol. The Labute approximate surface area is 210 Å². The SMILES string of the molecule is CC[As](CC)c1ccc(C(c2ccc([As](CC)CC)cc2)c2ccc(OC)cc2OC)cc1. The van der Waals surface area contributed by atoms with Crippen molar-refractivity contribution in [2.75, 3.05) is 14.2 Å². The van der Waals surface area contributed by atoms with Gasteiger partial charge in [-0.2, -0.15) is 0 Å². The molecule has 0 aliphatic rings. The maximum atomic E-state index is 5.84. The summed E-state index contributed by atoms with van der Waals surface area (Å²) in [6.07, 6.45) is 0. The van der Waals surface area contributed by atoms with Crippen LogP contribution in [0.3, 0.4) is 0 Å². The van der Waals surface area contributed by atoms with E-state index in [1.165, 1.54) is 37.5 Å². The molecule has 2 nitrogen and oxygen atoms in total. The third kappa shape index (κ3) is 6.09. The second-order valence-electron chi connectivity index (χ2n) is 8.07. The van der Waals surface area contributed by atoms with E-state index in [1.807, 2.05) is 12.1 Å². The molecule has 0 atom stereocenters. The molecule has 176 valence electrons. The Morgan fingerprint density at radius 3 is 1.42 bits per heavy atom. The molecule has 0 unspecified atom stereocenters. The molecule has 0 aromatic heterocycles. The van der Waals surface area contributed by atoms with Crippen LogP contribution in [0.1, 0.15) is 50.3 Å². The van der Waals surface area contributed by atoms with Crippen LogP contribution >= 0.6 is 0 Å². The first-order valence-electron chi connectivity index (χ1n) is 12.0. The van der Waals surface area contributed by atoms with E-state index in [-0.39, 0.29) is 5.92 Å². The first kappa shape index (κ1) is 26.0. The van der Waals surface area contributed by atoms with Crippen LogP contribution < -0.4 is 18.2 Å². The normalized spacial score (nSPS) is 11.4. The standard InChI is InChI=1S/C29H38As2O2/c1-7-30(8-2)24-15-11-22(12-16-24)29(27-20-19-26(32-5)21-28(27)33-6)23-13-17-25(18-14-23)31(9-3)10-4/h11-21,29H,7-10H2,1-6H3. The Kier molecular flexibility index (Phi) is 10.0. The molecule has 0 saturated carbocycles. The number of hydrogen-bond donors (Lipinski definition) is 0. The van der Waals surface area contributed by atoms with Crippen molar-refractivity contribution in [3.63, 3.8) is 0 Å². The van der Waals surface area contributed by atoms with Crippen molar-refractivity contribution >= 4 is 38.0 Å². The van der Waals surface area contributed by atoms with E-state index in [4.69, 9.17) is 9.47 Å². The fourth-order valence-corrected chi connectivity index (χ4v) is 11.9. The maximum absolute atomic E-state index is 5.84. The van der Waals surface area contributed by atoms with Crippen molar-refractivity contribution in [1.29, 1.82) is 0 Å². The van der Waals surface area contributed by atoms with Gasteiger partial charge in [0.2, 0.25) is 0 Å². The molecular formula is C29H38As2O2. The second-order valence-corrected chi connectivity index (χ2v) is 20.1. The molecule has 3 aromatic rings. The summed E-state index contributed by atoms with van der Waals surface area (Å²) in [7, 11) is 3.45. The van der Waals surface area contributed by atoms with Gasteiger partial charge >= 0.3 is 211 Å². The Morgan fingerprint density at radius 1 is 0.606 bits per heavy atom. The molecular weight excluding hydrogens is 530 g/mol. The van der Waals surface area contributed by atoms with Gasteiger partial charge in [-0.3, -0.25) is 0 Å². The Balaban J connectivity index is 2.10. The zero-order valence-corrected chi connectivity index (χ0v) is 24.7. The molecule has 33 heavy (non-hydrogen) atoms. The number of benzene rings is 3. The third-order valence-electron chi connectivity index (χ3n) is 6.46. The molecule has 4 heteroatoms. The molecule has 0 heterocycles. The van der Waals surface area contributed by atoms with Crippen LogP contribution in [-0.4, -0.2) is 43.5 Å². The van der Waals surface area contributed by atoms with Crippen molar-refractivity contribution in [2.24, 2.45) is 0 Å². The summed E-state index contributed by atoms with van der Waals surface area (Å²) in [6.45, 7) is 9.36.